The lowest BCUT2D eigenvalue weighted by atomic mass is 10.0. The number of alkyl carbamates (subject to hydrolysis) is 1. The molecular weight excluding hydrogens is 370 g/mol. The van der Waals surface area contributed by atoms with E-state index in [1.807, 2.05) is 30.3 Å². The van der Waals surface area contributed by atoms with Crippen LogP contribution in [0.15, 0.2) is 60.7 Å². The highest BCUT2D eigenvalue weighted by Gasteiger charge is 2.27. The Kier molecular flexibility index (Phi) is 8.01. The van der Waals surface area contributed by atoms with Crippen molar-refractivity contribution in [1.82, 2.24) is 5.32 Å². The molecule has 0 fully saturated rings. The van der Waals surface area contributed by atoms with Crippen LogP contribution >= 0.6 is 0 Å². The van der Waals surface area contributed by atoms with E-state index < -0.39 is 23.8 Å². The smallest absolute Gasteiger partial charge is 0.408 e. The average molecular weight is 397 g/mol. The van der Waals surface area contributed by atoms with Crippen LogP contribution in [0.25, 0.3) is 0 Å². The van der Waals surface area contributed by atoms with E-state index in [-0.39, 0.29) is 6.61 Å². The molecule has 6 nitrogen and oxygen atoms in total. The van der Waals surface area contributed by atoms with Gasteiger partial charge in [0.1, 0.15) is 23.4 Å². The van der Waals surface area contributed by atoms with E-state index in [9.17, 15) is 9.59 Å². The molecule has 1 N–H and O–H groups in total. The summed E-state index contributed by atoms with van der Waals surface area (Å²) in [5.41, 5.74) is 1.03. The number of rotatable bonds is 8. The highest BCUT2D eigenvalue weighted by atomic mass is 16.6. The topological polar surface area (TPSA) is 73.9 Å². The summed E-state index contributed by atoms with van der Waals surface area (Å²) in [6.45, 7) is 5.61. The predicted octanol–water partition coefficient (Wildman–Crippen LogP) is 4.23. The number of nitrogens with one attached hydrogen (secondary N) is 1. The average Bonchev–Trinajstić information content (AvgIpc) is 2.69. The van der Waals surface area contributed by atoms with Crippen LogP contribution in [-0.2, 0) is 20.9 Å². The second kappa shape index (κ2) is 10.5. The normalized spacial score (nSPS) is 13.0. The Morgan fingerprint density at radius 1 is 1.10 bits per heavy atom. The number of carbonyl (C=O) groups excluding carboxylic acids is 2. The molecule has 0 radical (unpaired) electrons. The van der Waals surface area contributed by atoms with Crippen molar-refractivity contribution < 1.29 is 23.8 Å². The van der Waals surface area contributed by atoms with Gasteiger partial charge < -0.3 is 19.5 Å². The van der Waals surface area contributed by atoms with E-state index >= 15 is 0 Å². The van der Waals surface area contributed by atoms with Gasteiger partial charge in [0.2, 0.25) is 0 Å². The zero-order valence-corrected chi connectivity index (χ0v) is 17.2. The zero-order chi connectivity index (χ0) is 21.3. The van der Waals surface area contributed by atoms with Crippen molar-refractivity contribution in [3.63, 3.8) is 0 Å². The minimum atomic E-state index is -0.742. The van der Waals surface area contributed by atoms with E-state index in [0.717, 1.165) is 11.1 Å². The van der Waals surface area contributed by atoms with Crippen molar-refractivity contribution in [2.24, 2.45) is 0 Å². The van der Waals surface area contributed by atoms with Crippen LogP contribution in [0.4, 0.5) is 4.79 Å². The molecule has 154 valence electrons. The third kappa shape index (κ3) is 7.45. The first-order valence-corrected chi connectivity index (χ1v) is 9.32. The summed E-state index contributed by atoms with van der Waals surface area (Å²) in [5, 5.41) is 2.81. The van der Waals surface area contributed by atoms with Crippen molar-refractivity contribution in [2.75, 3.05) is 7.11 Å². The molecule has 0 aliphatic rings. The van der Waals surface area contributed by atoms with Gasteiger partial charge in [-0.3, -0.25) is 0 Å². The third-order valence-corrected chi connectivity index (χ3v) is 3.99. The van der Waals surface area contributed by atoms with Crippen LogP contribution in [0.1, 0.15) is 37.9 Å². The highest BCUT2D eigenvalue weighted by Crippen LogP contribution is 2.24. The summed E-state index contributed by atoms with van der Waals surface area (Å²) in [5.74, 6) is 2.46. The second-order valence-corrected chi connectivity index (χ2v) is 7.44. The minimum absolute atomic E-state index is 0.270. The van der Waals surface area contributed by atoms with Crippen LogP contribution in [0, 0.1) is 0 Å². The van der Waals surface area contributed by atoms with Gasteiger partial charge >= 0.3 is 6.09 Å². The molecule has 1 amide bonds. The number of benzene rings is 2. The van der Waals surface area contributed by atoms with Gasteiger partial charge in [-0.2, -0.15) is 0 Å². The molecule has 0 aromatic heterocycles. The van der Waals surface area contributed by atoms with Gasteiger partial charge in [0.25, 0.3) is 0 Å². The molecule has 2 atom stereocenters. The highest BCUT2D eigenvalue weighted by molar-refractivity contribution is 5.68. The Hall–Kier alpha value is -3.08. The molecule has 2 aromatic rings. The summed E-state index contributed by atoms with van der Waals surface area (Å²) < 4.78 is 16.5. The molecule has 0 aliphatic carbocycles. The number of ether oxygens (including phenoxy) is 3. The van der Waals surface area contributed by atoms with Crippen LogP contribution < -0.4 is 10.1 Å². The van der Waals surface area contributed by atoms with Gasteiger partial charge in [-0.25, -0.2) is 9.59 Å². The lowest BCUT2D eigenvalue weighted by Gasteiger charge is -2.28. The number of amides is 1. The summed E-state index contributed by atoms with van der Waals surface area (Å²) in [6.07, 6.45) is -0.0885. The maximum Gasteiger partial charge on any atom is 0.408 e. The van der Waals surface area contributed by atoms with E-state index in [1.54, 1.807) is 58.1 Å². The number of hydrogen-bond acceptors (Lipinski definition) is 5. The van der Waals surface area contributed by atoms with Crippen molar-refractivity contribution in [3.05, 3.63) is 71.8 Å². The second-order valence-electron chi connectivity index (χ2n) is 7.44. The molecule has 0 unspecified atom stereocenters. The number of carbonyl (C=O) groups is 1. The molecule has 2 rings (SSSR count). The molecular formula is C23H27NO5. The standard InChI is InChI=1S/C23H27NO5/c1-23(2,3)29-22(26)24-21(18-10-12-19(27-4)13-11-18)20(14-15-25)28-16-17-8-6-5-7-9-17/h5-14,20-21H,16H2,1-4H3,(H,24,26)/t20-,21+/m0/s1. The van der Waals surface area contributed by atoms with E-state index in [2.05, 4.69) is 5.32 Å². The Morgan fingerprint density at radius 3 is 2.31 bits per heavy atom. The Balaban J connectivity index is 2.27. The van der Waals surface area contributed by atoms with Gasteiger partial charge in [-0.15, -0.1) is 0 Å². The third-order valence-electron chi connectivity index (χ3n) is 3.99. The first-order valence-electron chi connectivity index (χ1n) is 9.32. The predicted molar refractivity (Wildman–Crippen MR) is 110 cm³/mol. The molecule has 29 heavy (non-hydrogen) atoms. The Bertz CT molecular complexity index is 821. The maximum atomic E-state index is 12.4. The fourth-order valence-corrected chi connectivity index (χ4v) is 2.68. The minimum Gasteiger partial charge on any atom is -0.497 e. The lowest BCUT2D eigenvalue weighted by molar-refractivity contribution is 0.0263. The first kappa shape index (κ1) is 22.2. The Labute approximate surface area is 171 Å². The van der Waals surface area contributed by atoms with Crippen molar-refractivity contribution in [2.45, 2.75) is 45.1 Å². The van der Waals surface area contributed by atoms with E-state index in [0.29, 0.717) is 5.75 Å². The molecule has 6 heteroatoms. The Morgan fingerprint density at radius 2 is 1.76 bits per heavy atom. The van der Waals surface area contributed by atoms with Crippen molar-refractivity contribution >= 4 is 12.0 Å². The molecule has 0 saturated carbocycles. The van der Waals surface area contributed by atoms with Crippen LogP contribution in [-0.4, -0.2) is 30.8 Å². The van der Waals surface area contributed by atoms with E-state index in [1.165, 1.54) is 6.08 Å². The maximum absolute atomic E-state index is 12.4. The summed E-state index contributed by atoms with van der Waals surface area (Å²) >= 11 is 0. The fourth-order valence-electron chi connectivity index (χ4n) is 2.68. The molecule has 0 heterocycles. The molecule has 2 aromatic carbocycles. The zero-order valence-electron chi connectivity index (χ0n) is 17.2. The van der Waals surface area contributed by atoms with Crippen LogP contribution in [0.5, 0.6) is 5.75 Å². The monoisotopic (exact) mass is 397 g/mol. The number of hydrogen-bond donors (Lipinski definition) is 1. The van der Waals surface area contributed by atoms with Gasteiger partial charge in [0.15, 0.2) is 0 Å². The largest absolute Gasteiger partial charge is 0.497 e. The molecule has 0 spiro atoms. The molecule has 0 saturated heterocycles. The summed E-state index contributed by atoms with van der Waals surface area (Å²) in [6, 6.07) is 16.1. The van der Waals surface area contributed by atoms with Gasteiger partial charge in [-0.05, 0) is 44.0 Å². The van der Waals surface area contributed by atoms with Gasteiger partial charge in [-0.1, -0.05) is 42.5 Å². The first-order chi connectivity index (χ1) is 13.8. The van der Waals surface area contributed by atoms with Crippen LogP contribution in [0.3, 0.4) is 0 Å². The summed E-state index contributed by atoms with van der Waals surface area (Å²) in [7, 11) is 1.58. The quantitative estimate of drug-likeness (QED) is 0.675. The van der Waals surface area contributed by atoms with Crippen molar-refractivity contribution in [1.29, 1.82) is 0 Å². The SMILES string of the molecule is COc1ccc([C@@H](NC(=O)OC(C)(C)C)[C@H](C=C=O)OCc2ccccc2)cc1. The number of methoxy groups -OCH3 is 1. The van der Waals surface area contributed by atoms with Gasteiger partial charge in [0, 0.05) is 6.08 Å². The fraction of sp³-hybridized carbons (Fsp3) is 0.348. The lowest BCUT2D eigenvalue weighted by Crippen LogP contribution is -2.40. The van der Waals surface area contributed by atoms with Crippen LogP contribution in [0.2, 0.25) is 0 Å². The van der Waals surface area contributed by atoms with Gasteiger partial charge in [0.05, 0.1) is 19.8 Å². The van der Waals surface area contributed by atoms with Crippen molar-refractivity contribution in [3.8, 4) is 5.75 Å². The molecule has 0 bridgehead atoms. The molecule has 0 aliphatic heterocycles. The van der Waals surface area contributed by atoms with E-state index in [4.69, 9.17) is 14.2 Å². The summed E-state index contributed by atoms with van der Waals surface area (Å²) in [4.78, 5) is 23.6.